The molecule has 0 aromatic heterocycles. The summed E-state index contributed by atoms with van der Waals surface area (Å²) in [4.78, 5) is 16.7. The number of rotatable bonds is 0. The first-order valence-electron chi connectivity index (χ1n) is 1.46. The molecule has 0 radical (unpaired) electrons. The van der Waals surface area contributed by atoms with Gasteiger partial charge in [-0.3, -0.25) is 0 Å². The molecule has 0 fully saturated rings. The van der Waals surface area contributed by atoms with Crippen LogP contribution in [0.15, 0.2) is 0 Å². The largest absolute Gasteiger partial charge is 0.344 e. The summed E-state index contributed by atoms with van der Waals surface area (Å²) in [6.45, 7) is 0. The normalized spacial score (nSPS) is 4.91. The molecule has 0 bridgehead atoms. The second-order valence-electron chi connectivity index (χ2n) is 0.476. The Hall–Kier alpha value is -1.25. The van der Waals surface area contributed by atoms with Crippen LogP contribution >= 0.6 is 9.39 Å². The minimum absolute atomic E-state index is 0. The smallest absolute Gasteiger partial charge is 0.291 e. The van der Waals surface area contributed by atoms with Crippen molar-refractivity contribution in [3.8, 4) is 0 Å². The predicted octanol–water partition coefficient (Wildman–Crippen LogP) is -0.798. The number of hydrogen-bond donors (Lipinski definition) is 4. The minimum Gasteiger partial charge on any atom is -0.344 e. The van der Waals surface area contributed by atoms with E-state index in [-0.39, 0.29) is 6.15 Å². The van der Waals surface area contributed by atoms with E-state index >= 15 is 0 Å². The highest BCUT2D eigenvalue weighted by Gasteiger charge is 1.65. The summed E-state index contributed by atoms with van der Waals surface area (Å²) in [6.07, 6.45) is 0. The van der Waals surface area contributed by atoms with Crippen LogP contribution in [0.1, 0.15) is 0 Å². The van der Waals surface area contributed by atoms with Crippen molar-refractivity contribution < 1.29 is 20.6 Å². The van der Waals surface area contributed by atoms with Gasteiger partial charge < -0.3 is 22.1 Å². The van der Waals surface area contributed by atoms with Gasteiger partial charge in [0.2, 0.25) is 0 Å². The van der Waals surface area contributed by atoms with Gasteiger partial charge in [0, 0.05) is 0 Å². The molecule has 10 nitrogen and oxygen atoms in total. The van der Waals surface area contributed by atoms with E-state index in [9.17, 15) is 0 Å². The van der Waals surface area contributed by atoms with Crippen LogP contribution in [-0.2, 0) is 0 Å². The van der Waals surface area contributed by atoms with Gasteiger partial charge in [-0.25, -0.2) is 0 Å². The summed E-state index contributed by atoms with van der Waals surface area (Å²) in [5, 5.41) is 27.3. The third kappa shape index (κ3) is 255. The molecule has 11 heavy (non-hydrogen) atoms. The van der Waals surface area contributed by atoms with Crippen LogP contribution in [0.3, 0.4) is 0 Å². The van der Waals surface area contributed by atoms with Gasteiger partial charge in [0.25, 0.3) is 10.2 Å². The van der Waals surface area contributed by atoms with Gasteiger partial charge >= 0.3 is 0 Å². The lowest BCUT2D eigenvalue weighted by atomic mass is 13.1. The molecule has 0 amide bonds. The Kier molecular flexibility index (Phi) is 47.8. The number of hydrogen-bond acceptors (Lipinski definition) is 6. The molecular weight excluding hydrogens is 183 g/mol. The number of nitrogens with two attached hydrogens (primary N) is 1. The van der Waals surface area contributed by atoms with Gasteiger partial charge in [-0.1, -0.05) is 9.39 Å². The van der Waals surface area contributed by atoms with E-state index in [4.69, 9.17) is 30.6 Å². The second kappa shape index (κ2) is 23.3. The molecule has 0 saturated carbocycles. The van der Waals surface area contributed by atoms with Crippen LogP contribution in [-0.4, -0.2) is 20.6 Å². The van der Waals surface area contributed by atoms with Crippen LogP contribution < -0.4 is 11.7 Å². The molecule has 0 heterocycles. The van der Waals surface area contributed by atoms with Crippen molar-refractivity contribution in [3.63, 3.8) is 0 Å². The van der Waals surface area contributed by atoms with Gasteiger partial charge in [0.05, 0.1) is 0 Å². The van der Waals surface area contributed by atoms with Crippen LogP contribution in [0.5, 0.6) is 0 Å². The molecule has 0 rings (SSSR count). The molecule has 11 heteroatoms. The molecular formula is H9N4O6P. The average molecular weight is 192 g/mol. The summed E-state index contributed by atoms with van der Waals surface area (Å²) in [7, 11) is 1.92. The Morgan fingerprint density at radius 2 is 1.09 bits per heavy atom. The first kappa shape index (κ1) is 22.6. The third-order valence-electron chi connectivity index (χ3n) is 0. The van der Waals surface area contributed by atoms with Crippen molar-refractivity contribution in [3.05, 3.63) is 20.2 Å². The molecule has 0 aromatic rings. The van der Waals surface area contributed by atoms with Gasteiger partial charge in [-0.05, 0) is 0 Å². The van der Waals surface area contributed by atoms with Crippen LogP contribution in [0, 0.1) is 20.2 Å². The fourth-order valence-electron chi connectivity index (χ4n) is 0. The Morgan fingerprint density at radius 1 is 1.09 bits per heavy atom. The maximum Gasteiger partial charge on any atom is 0.291 e. The molecule has 1 unspecified atom stereocenters. The minimum atomic E-state index is -1.50. The molecule has 0 aliphatic carbocycles. The molecule has 0 spiro atoms. The molecule has 1 atom stereocenters. The highest BCUT2D eigenvalue weighted by atomic mass is 31.0. The van der Waals surface area contributed by atoms with Gasteiger partial charge in [-0.2, -0.15) is 0 Å². The monoisotopic (exact) mass is 192 g/mol. The van der Waals surface area contributed by atoms with Crippen LogP contribution in [0.25, 0.3) is 0 Å². The Morgan fingerprint density at radius 3 is 1.09 bits per heavy atom. The SMILES string of the molecule is N.NP.O=[N+]([O-])O.O=[N+]([O-])O. The molecule has 0 aliphatic heterocycles. The quantitative estimate of drug-likeness (QED) is 0.218. The summed E-state index contributed by atoms with van der Waals surface area (Å²) in [5.74, 6) is 0. The zero-order valence-electron chi connectivity index (χ0n) is 5.28. The van der Waals surface area contributed by atoms with Crippen molar-refractivity contribution in [2.45, 2.75) is 0 Å². The Bertz CT molecular complexity index is 72.6. The molecule has 70 valence electrons. The van der Waals surface area contributed by atoms with E-state index in [1.54, 1.807) is 0 Å². The van der Waals surface area contributed by atoms with E-state index in [1.165, 1.54) is 0 Å². The van der Waals surface area contributed by atoms with Gasteiger partial charge in [0.1, 0.15) is 0 Å². The fourth-order valence-corrected chi connectivity index (χ4v) is 0. The molecule has 7 N–H and O–H groups in total. The molecule has 0 aliphatic rings. The van der Waals surface area contributed by atoms with Crippen LogP contribution in [0.2, 0.25) is 0 Å². The first-order valence-corrected chi connectivity index (χ1v) is 2.13. The number of nitrogens with zero attached hydrogens (tertiary/aromatic N) is 2. The van der Waals surface area contributed by atoms with E-state index in [0.29, 0.717) is 0 Å². The first-order chi connectivity index (χ1) is 4.46. The van der Waals surface area contributed by atoms with Gasteiger partial charge in [-0.15, -0.1) is 20.2 Å². The summed E-state index contributed by atoms with van der Waals surface area (Å²) < 4.78 is 0. The topological polar surface area (TPSA) is 188 Å². The molecule has 0 aromatic carbocycles. The predicted molar refractivity (Wildman–Crippen MR) is 36.5 cm³/mol. The highest BCUT2D eigenvalue weighted by Crippen LogP contribution is 1.38. The van der Waals surface area contributed by atoms with Crippen molar-refractivity contribution in [1.29, 1.82) is 0 Å². The summed E-state index contributed by atoms with van der Waals surface area (Å²) in [5.41, 5.74) is 4.42. The van der Waals surface area contributed by atoms with Crippen LogP contribution in [0.4, 0.5) is 0 Å². The lowest BCUT2D eigenvalue weighted by Gasteiger charge is -1.56. The maximum absolute atomic E-state index is 8.36. The fraction of sp³-hybridized carbons (Fsp3) is 0. The van der Waals surface area contributed by atoms with Crippen molar-refractivity contribution in [1.82, 2.24) is 6.15 Å². The van der Waals surface area contributed by atoms with E-state index < -0.39 is 10.2 Å². The van der Waals surface area contributed by atoms with E-state index in [2.05, 4.69) is 5.50 Å². The zero-order chi connectivity index (χ0) is 9.15. The van der Waals surface area contributed by atoms with Gasteiger partial charge in [0.15, 0.2) is 0 Å². The standard InChI is InChI=1S/2HNO3.H4NP.H3N/c2*2-1(3)4;1-2;/h2*(H,2,3,4);1-2H2;1H3. The second-order valence-corrected chi connectivity index (χ2v) is 0.476. The van der Waals surface area contributed by atoms with Crippen molar-refractivity contribution in [2.75, 3.05) is 0 Å². The zero-order valence-corrected chi connectivity index (χ0v) is 6.44. The lowest BCUT2D eigenvalue weighted by molar-refractivity contribution is -0.742. The Labute approximate surface area is 63.1 Å². The lowest BCUT2D eigenvalue weighted by Crippen LogP contribution is -1.81. The average Bonchev–Trinajstić information content (AvgIpc) is 1.66. The summed E-state index contributed by atoms with van der Waals surface area (Å²) in [6, 6.07) is 0. The van der Waals surface area contributed by atoms with E-state index in [1.807, 2.05) is 9.39 Å². The van der Waals surface area contributed by atoms with E-state index in [0.717, 1.165) is 0 Å². The van der Waals surface area contributed by atoms with Crippen molar-refractivity contribution >= 4 is 9.39 Å². The van der Waals surface area contributed by atoms with Crippen molar-refractivity contribution in [2.24, 2.45) is 5.50 Å². The Balaban J connectivity index is -0.0000000339. The maximum atomic E-state index is 8.36. The highest BCUT2D eigenvalue weighted by molar-refractivity contribution is 7.13. The third-order valence-corrected chi connectivity index (χ3v) is 0. The summed E-state index contributed by atoms with van der Waals surface area (Å²) >= 11 is 0. The molecule has 0 saturated heterocycles.